The fourth-order valence-corrected chi connectivity index (χ4v) is 3.10. The number of nitrogens with zero attached hydrogens (tertiary/aromatic N) is 1. The van der Waals surface area contributed by atoms with Gasteiger partial charge in [0.05, 0.1) is 6.10 Å². The molecule has 0 spiro atoms. The number of rotatable bonds is 6. The van der Waals surface area contributed by atoms with E-state index in [-0.39, 0.29) is 6.10 Å². The van der Waals surface area contributed by atoms with E-state index in [2.05, 4.69) is 32.7 Å². The van der Waals surface area contributed by atoms with Crippen molar-refractivity contribution in [3.05, 3.63) is 0 Å². The monoisotopic (exact) mass is 241 g/mol. The van der Waals surface area contributed by atoms with Gasteiger partial charge < -0.3 is 10.0 Å². The van der Waals surface area contributed by atoms with Crippen LogP contribution >= 0.6 is 0 Å². The van der Waals surface area contributed by atoms with Crippen molar-refractivity contribution in [3.63, 3.8) is 0 Å². The highest BCUT2D eigenvalue weighted by Gasteiger charge is 2.29. The molecule has 1 rings (SSSR count). The summed E-state index contributed by atoms with van der Waals surface area (Å²) >= 11 is 0. The summed E-state index contributed by atoms with van der Waals surface area (Å²) in [6.07, 6.45) is 7.18. The lowest BCUT2D eigenvalue weighted by Crippen LogP contribution is -2.40. The number of hydrogen-bond acceptors (Lipinski definition) is 2. The zero-order valence-corrected chi connectivity index (χ0v) is 12.2. The molecule has 0 aromatic rings. The molecule has 2 heteroatoms. The molecule has 0 aliphatic heterocycles. The first-order valence-electron chi connectivity index (χ1n) is 7.46. The quantitative estimate of drug-likeness (QED) is 0.771. The molecule has 1 N–H and O–H groups in total. The Hall–Kier alpha value is -0.0800. The van der Waals surface area contributed by atoms with Crippen LogP contribution in [0.4, 0.5) is 0 Å². The summed E-state index contributed by atoms with van der Waals surface area (Å²) in [5.74, 6) is 1.34. The predicted octanol–water partition coefficient (Wildman–Crippen LogP) is 3.29. The van der Waals surface area contributed by atoms with Crippen LogP contribution in [0.5, 0.6) is 0 Å². The maximum atomic E-state index is 10.1. The first-order valence-corrected chi connectivity index (χ1v) is 7.46. The molecule has 1 aliphatic carbocycles. The minimum absolute atomic E-state index is 0.0610. The van der Waals surface area contributed by atoms with Crippen molar-refractivity contribution in [2.24, 2.45) is 11.8 Å². The van der Waals surface area contributed by atoms with Crippen LogP contribution < -0.4 is 0 Å². The van der Waals surface area contributed by atoms with E-state index in [1.54, 1.807) is 0 Å². The molecule has 0 saturated heterocycles. The third kappa shape index (κ3) is 4.59. The van der Waals surface area contributed by atoms with Crippen LogP contribution in [-0.2, 0) is 0 Å². The highest BCUT2D eigenvalue weighted by atomic mass is 16.3. The number of aliphatic hydroxyl groups excluding tert-OH is 1. The lowest BCUT2D eigenvalue weighted by molar-refractivity contribution is 0.0247. The smallest absolute Gasteiger partial charge is 0.0580 e. The second kappa shape index (κ2) is 7.38. The van der Waals surface area contributed by atoms with E-state index in [1.807, 2.05) is 0 Å². The fraction of sp³-hybridized carbons (Fsp3) is 1.00. The molecular weight excluding hydrogens is 210 g/mol. The molecule has 2 nitrogen and oxygen atoms in total. The Balaban J connectivity index is 2.42. The Kier molecular flexibility index (Phi) is 6.50. The van der Waals surface area contributed by atoms with Crippen molar-refractivity contribution in [1.82, 2.24) is 4.90 Å². The molecule has 0 heterocycles. The number of aliphatic hydroxyl groups is 1. The van der Waals surface area contributed by atoms with Crippen LogP contribution in [0.15, 0.2) is 0 Å². The van der Waals surface area contributed by atoms with Crippen molar-refractivity contribution in [1.29, 1.82) is 0 Å². The minimum Gasteiger partial charge on any atom is -0.393 e. The zero-order chi connectivity index (χ0) is 12.8. The minimum atomic E-state index is -0.0610. The summed E-state index contributed by atoms with van der Waals surface area (Å²) in [6, 6.07) is 0.647. The lowest BCUT2D eigenvalue weighted by atomic mass is 9.78. The van der Waals surface area contributed by atoms with Gasteiger partial charge in [0.15, 0.2) is 0 Å². The largest absolute Gasteiger partial charge is 0.393 e. The van der Waals surface area contributed by atoms with Crippen LogP contribution in [0.1, 0.15) is 59.3 Å². The standard InChI is InChI=1S/C15H31NO/c1-5-7-12(3)16(4)11-14-10-13(6-2)8-9-15(14)17/h12-15,17H,5-11H2,1-4H3. The van der Waals surface area contributed by atoms with Crippen LogP contribution in [0.3, 0.4) is 0 Å². The molecule has 1 fully saturated rings. The van der Waals surface area contributed by atoms with Gasteiger partial charge in [-0.1, -0.05) is 26.7 Å². The molecule has 0 aromatic heterocycles. The van der Waals surface area contributed by atoms with Gasteiger partial charge in [-0.25, -0.2) is 0 Å². The number of hydrogen-bond donors (Lipinski definition) is 1. The third-order valence-corrected chi connectivity index (χ3v) is 4.61. The van der Waals surface area contributed by atoms with E-state index in [9.17, 15) is 5.11 Å². The van der Waals surface area contributed by atoms with Gasteiger partial charge in [0.1, 0.15) is 0 Å². The molecular formula is C15H31NO. The van der Waals surface area contributed by atoms with Gasteiger partial charge >= 0.3 is 0 Å². The molecule has 102 valence electrons. The third-order valence-electron chi connectivity index (χ3n) is 4.61. The topological polar surface area (TPSA) is 23.5 Å². The maximum Gasteiger partial charge on any atom is 0.0580 e. The van der Waals surface area contributed by atoms with E-state index < -0.39 is 0 Å². The van der Waals surface area contributed by atoms with Crippen LogP contribution in [0, 0.1) is 11.8 Å². The first kappa shape index (κ1) is 15.0. The molecule has 4 unspecified atom stereocenters. The Morgan fingerprint density at radius 2 is 2.00 bits per heavy atom. The van der Waals surface area contributed by atoms with E-state index >= 15 is 0 Å². The second-order valence-corrected chi connectivity index (χ2v) is 5.99. The van der Waals surface area contributed by atoms with Gasteiger partial charge in [0.2, 0.25) is 0 Å². The summed E-state index contributed by atoms with van der Waals surface area (Å²) in [4.78, 5) is 2.44. The Bertz CT molecular complexity index is 207. The lowest BCUT2D eigenvalue weighted by Gasteiger charge is -2.37. The summed E-state index contributed by atoms with van der Waals surface area (Å²) in [7, 11) is 2.21. The fourth-order valence-electron chi connectivity index (χ4n) is 3.10. The van der Waals surface area contributed by atoms with E-state index in [4.69, 9.17) is 0 Å². The van der Waals surface area contributed by atoms with Crippen molar-refractivity contribution >= 4 is 0 Å². The molecule has 4 atom stereocenters. The van der Waals surface area contributed by atoms with E-state index in [1.165, 1.54) is 32.1 Å². The highest BCUT2D eigenvalue weighted by Crippen LogP contribution is 2.32. The Labute approximate surface area is 107 Å². The normalized spacial score (nSPS) is 31.8. The SMILES string of the molecule is CCCC(C)N(C)CC1CC(CC)CCC1O. The summed E-state index contributed by atoms with van der Waals surface area (Å²) in [6.45, 7) is 7.89. The van der Waals surface area contributed by atoms with Gasteiger partial charge in [-0.05, 0) is 51.5 Å². The molecule has 0 radical (unpaired) electrons. The molecule has 0 amide bonds. The van der Waals surface area contributed by atoms with Crippen molar-refractivity contribution in [2.45, 2.75) is 71.4 Å². The van der Waals surface area contributed by atoms with Crippen LogP contribution in [0.25, 0.3) is 0 Å². The van der Waals surface area contributed by atoms with Crippen molar-refractivity contribution in [2.75, 3.05) is 13.6 Å². The Morgan fingerprint density at radius 3 is 2.59 bits per heavy atom. The summed E-state index contributed by atoms with van der Waals surface area (Å²) < 4.78 is 0. The van der Waals surface area contributed by atoms with E-state index in [0.717, 1.165) is 18.9 Å². The summed E-state index contributed by atoms with van der Waals surface area (Å²) in [5.41, 5.74) is 0. The van der Waals surface area contributed by atoms with Gasteiger partial charge in [-0.2, -0.15) is 0 Å². The summed E-state index contributed by atoms with van der Waals surface area (Å²) in [5, 5.41) is 10.1. The molecule has 0 aromatic carbocycles. The Morgan fingerprint density at radius 1 is 1.29 bits per heavy atom. The molecule has 17 heavy (non-hydrogen) atoms. The predicted molar refractivity (Wildman–Crippen MR) is 74.1 cm³/mol. The zero-order valence-electron chi connectivity index (χ0n) is 12.2. The molecule has 0 bridgehead atoms. The molecule has 1 saturated carbocycles. The average molecular weight is 241 g/mol. The first-order chi connectivity index (χ1) is 8.08. The van der Waals surface area contributed by atoms with Gasteiger partial charge in [-0.15, -0.1) is 0 Å². The van der Waals surface area contributed by atoms with Crippen LogP contribution in [-0.4, -0.2) is 35.7 Å². The highest BCUT2D eigenvalue weighted by molar-refractivity contribution is 4.82. The van der Waals surface area contributed by atoms with E-state index in [0.29, 0.717) is 12.0 Å². The van der Waals surface area contributed by atoms with Gasteiger partial charge in [0, 0.05) is 12.6 Å². The van der Waals surface area contributed by atoms with Crippen molar-refractivity contribution < 1.29 is 5.11 Å². The molecule has 1 aliphatic rings. The van der Waals surface area contributed by atoms with Gasteiger partial charge in [-0.3, -0.25) is 0 Å². The van der Waals surface area contributed by atoms with Gasteiger partial charge in [0.25, 0.3) is 0 Å². The van der Waals surface area contributed by atoms with Crippen LogP contribution in [0.2, 0.25) is 0 Å². The van der Waals surface area contributed by atoms with Crippen molar-refractivity contribution in [3.8, 4) is 0 Å². The average Bonchev–Trinajstić information content (AvgIpc) is 2.32. The maximum absolute atomic E-state index is 10.1. The second-order valence-electron chi connectivity index (χ2n) is 5.99.